The zero-order valence-electron chi connectivity index (χ0n) is 14.1. The predicted octanol–water partition coefficient (Wildman–Crippen LogP) is 3.59. The van der Waals surface area contributed by atoms with Gasteiger partial charge in [0.15, 0.2) is 0 Å². The van der Waals surface area contributed by atoms with Crippen molar-refractivity contribution in [2.45, 2.75) is 19.8 Å². The molecule has 120 valence electrons. The molecule has 0 aliphatic carbocycles. The summed E-state index contributed by atoms with van der Waals surface area (Å²) in [5, 5.41) is 3.65. The van der Waals surface area contributed by atoms with Gasteiger partial charge in [-0.25, -0.2) is 0 Å². The van der Waals surface area contributed by atoms with Gasteiger partial charge in [-0.15, -0.1) is 0 Å². The lowest BCUT2D eigenvalue weighted by Gasteiger charge is -2.35. The Morgan fingerprint density at radius 2 is 1.65 bits per heavy atom. The smallest absolute Gasteiger partial charge is 0.0421 e. The minimum absolute atomic E-state index is 1.11. The number of fused-ring (bicyclic) bond motifs is 2. The number of hydrogen-bond donors (Lipinski definition) is 1. The van der Waals surface area contributed by atoms with Gasteiger partial charge < -0.3 is 15.1 Å². The van der Waals surface area contributed by atoms with E-state index in [9.17, 15) is 0 Å². The highest BCUT2D eigenvalue weighted by Gasteiger charge is 2.20. The van der Waals surface area contributed by atoms with E-state index in [4.69, 9.17) is 0 Å². The Kier molecular flexibility index (Phi) is 3.74. The van der Waals surface area contributed by atoms with E-state index < -0.39 is 0 Å². The van der Waals surface area contributed by atoms with E-state index in [-0.39, 0.29) is 0 Å². The van der Waals surface area contributed by atoms with Crippen LogP contribution in [0.1, 0.15) is 16.7 Å². The third kappa shape index (κ3) is 2.70. The van der Waals surface area contributed by atoms with Crippen molar-refractivity contribution < 1.29 is 0 Å². The zero-order valence-corrected chi connectivity index (χ0v) is 14.1. The second kappa shape index (κ2) is 5.89. The average molecular weight is 307 g/mol. The Labute approximate surface area is 138 Å². The van der Waals surface area contributed by atoms with Crippen molar-refractivity contribution in [1.82, 2.24) is 4.90 Å². The molecule has 2 aromatic rings. The molecule has 0 saturated carbocycles. The maximum Gasteiger partial charge on any atom is 0.0421 e. The first-order valence-electron chi connectivity index (χ1n) is 8.63. The van der Waals surface area contributed by atoms with E-state index in [1.54, 1.807) is 0 Å². The van der Waals surface area contributed by atoms with Crippen LogP contribution in [0.25, 0.3) is 0 Å². The number of hydrogen-bond acceptors (Lipinski definition) is 3. The number of rotatable bonds is 1. The minimum atomic E-state index is 1.11. The van der Waals surface area contributed by atoms with Crippen LogP contribution in [0.2, 0.25) is 0 Å². The van der Waals surface area contributed by atoms with Crippen molar-refractivity contribution in [3.63, 3.8) is 0 Å². The highest BCUT2D eigenvalue weighted by molar-refractivity contribution is 5.73. The van der Waals surface area contributed by atoms with Gasteiger partial charge in [-0.05, 0) is 61.7 Å². The fourth-order valence-electron chi connectivity index (χ4n) is 3.84. The van der Waals surface area contributed by atoms with Crippen LogP contribution in [-0.4, -0.2) is 38.1 Å². The highest BCUT2D eigenvalue weighted by atomic mass is 15.2. The van der Waals surface area contributed by atoms with Crippen LogP contribution in [0.4, 0.5) is 17.1 Å². The predicted molar refractivity (Wildman–Crippen MR) is 98.0 cm³/mol. The van der Waals surface area contributed by atoms with Crippen LogP contribution < -0.4 is 10.2 Å². The molecule has 0 bridgehead atoms. The van der Waals surface area contributed by atoms with E-state index in [2.05, 4.69) is 65.5 Å². The third-order valence-electron chi connectivity index (χ3n) is 5.34. The van der Waals surface area contributed by atoms with Gasteiger partial charge in [-0.3, -0.25) is 0 Å². The van der Waals surface area contributed by atoms with Gasteiger partial charge in [0.05, 0.1) is 0 Å². The Hall–Kier alpha value is -2.00. The molecule has 4 rings (SSSR count). The molecule has 2 aliphatic rings. The van der Waals surface area contributed by atoms with Crippen LogP contribution in [0.3, 0.4) is 0 Å². The number of piperazine rings is 1. The number of likely N-dealkylation sites (N-methyl/N-ethyl adjacent to an activating group) is 1. The Morgan fingerprint density at radius 1 is 0.870 bits per heavy atom. The molecule has 2 heterocycles. The largest absolute Gasteiger partial charge is 0.369 e. The van der Waals surface area contributed by atoms with Crippen LogP contribution in [0, 0.1) is 6.92 Å². The molecule has 0 aromatic heterocycles. The molecule has 0 radical (unpaired) electrons. The van der Waals surface area contributed by atoms with E-state index in [0.29, 0.717) is 0 Å². The number of nitrogens with one attached hydrogen (secondary N) is 1. The van der Waals surface area contributed by atoms with Crippen LogP contribution in [0.15, 0.2) is 36.4 Å². The summed E-state index contributed by atoms with van der Waals surface area (Å²) in [5.41, 5.74) is 8.32. The van der Waals surface area contributed by atoms with Gasteiger partial charge in [0.2, 0.25) is 0 Å². The summed E-state index contributed by atoms with van der Waals surface area (Å²) in [4.78, 5) is 4.96. The summed E-state index contributed by atoms with van der Waals surface area (Å²) in [5.74, 6) is 0. The molecule has 0 spiro atoms. The van der Waals surface area contributed by atoms with Gasteiger partial charge in [0.1, 0.15) is 0 Å². The molecule has 1 N–H and O–H groups in total. The van der Waals surface area contributed by atoms with Crippen LogP contribution in [-0.2, 0) is 12.8 Å². The summed E-state index contributed by atoms with van der Waals surface area (Å²) in [6, 6.07) is 13.3. The Bertz CT molecular complexity index is 715. The van der Waals surface area contributed by atoms with Crippen molar-refractivity contribution in [3.05, 3.63) is 53.1 Å². The van der Waals surface area contributed by atoms with E-state index in [1.165, 1.54) is 33.8 Å². The quantitative estimate of drug-likeness (QED) is 0.868. The summed E-state index contributed by atoms with van der Waals surface area (Å²) in [7, 11) is 2.21. The average Bonchev–Trinajstić information content (AvgIpc) is 2.76. The van der Waals surface area contributed by atoms with Crippen molar-refractivity contribution in [2.24, 2.45) is 0 Å². The maximum atomic E-state index is 3.65. The van der Waals surface area contributed by atoms with Gasteiger partial charge in [-0.2, -0.15) is 0 Å². The second-order valence-corrected chi connectivity index (χ2v) is 6.81. The van der Waals surface area contributed by atoms with E-state index in [1.807, 2.05) is 0 Å². The number of nitrogens with zero attached hydrogens (tertiary/aromatic N) is 2. The number of aryl methyl sites for hydroxylation is 1. The minimum Gasteiger partial charge on any atom is -0.369 e. The molecule has 2 aliphatic heterocycles. The first-order valence-corrected chi connectivity index (χ1v) is 8.63. The lowest BCUT2D eigenvalue weighted by atomic mass is 9.98. The number of para-hydroxylation sites is 1. The molecular weight excluding hydrogens is 282 g/mol. The first kappa shape index (κ1) is 14.6. The fourth-order valence-corrected chi connectivity index (χ4v) is 3.84. The lowest BCUT2D eigenvalue weighted by molar-refractivity contribution is 0.312. The summed E-state index contributed by atoms with van der Waals surface area (Å²) >= 11 is 0. The second-order valence-electron chi connectivity index (χ2n) is 6.81. The van der Waals surface area contributed by atoms with E-state index in [0.717, 1.165) is 39.0 Å². The lowest BCUT2D eigenvalue weighted by Crippen LogP contribution is -2.44. The zero-order chi connectivity index (χ0) is 15.8. The molecular formula is C20H25N3. The van der Waals surface area contributed by atoms with Crippen LogP contribution in [0.5, 0.6) is 0 Å². The molecule has 3 heteroatoms. The molecule has 1 saturated heterocycles. The number of benzene rings is 2. The maximum absolute atomic E-state index is 3.65. The first-order chi connectivity index (χ1) is 11.2. The van der Waals surface area contributed by atoms with Gasteiger partial charge in [0.25, 0.3) is 0 Å². The molecule has 0 amide bonds. The SMILES string of the molecule is Cc1c(N2CCN(C)CC2)ccc2c1CCc1ccccc1N2. The summed E-state index contributed by atoms with van der Waals surface area (Å²) in [6.07, 6.45) is 2.23. The Balaban J connectivity index is 1.67. The molecule has 1 fully saturated rings. The molecule has 0 atom stereocenters. The van der Waals surface area contributed by atoms with Crippen molar-refractivity contribution >= 4 is 17.1 Å². The molecule has 0 unspecified atom stereocenters. The summed E-state index contributed by atoms with van der Waals surface area (Å²) in [6.45, 7) is 6.86. The normalized spacial score (nSPS) is 17.9. The van der Waals surface area contributed by atoms with Gasteiger partial charge in [-0.1, -0.05) is 18.2 Å². The monoisotopic (exact) mass is 307 g/mol. The van der Waals surface area contributed by atoms with Crippen molar-refractivity contribution in [3.8, 4) is 0 Å². The molecule has 3 nitrogen and oxygen atoms in total. The van der Waals surface area contributed by atoms with Crippen molar-refractivity contribution in [1.29, 1.82) is 0 Å². The van der Waals surface area contributed by atoms with Gasteiger partial charge in [0, 0.05) is 43.2 Å². The van der Waals surface area contributed by atoms with E-state index >= 15 is 0 Å². The standard InChI is InChI=1S/C20H25N3/c1-15-17-8-7-16-5-3-4-6-18(16)21-19(17)9-10-20(15)23-13-11-22(2)12-14-23/h3-6,9-10,21H,7-8,11-14H2,1-2H3. The number of anilines is 3. The van der Waals surface area contributed by atoms with Crippen LogP contribution >= 0.6 is 0 Å². The molecule has 23 heavy (non-hydrogen) atoms. The summed E-state index contributed by atoms with van der Waals surface area (Å²) < 4.78 is 0. The topological polar surface area (TPSA) is 18.5 Å². The Morgan fingerprint density at radius 3 is 2.48 bits per heavy atom. The van der Waals surface area contributed by atoms with Gasteiger partial charge >= 0.3 is 0 Å². The fraction of sp³-hybridized carbons (Fsp3) is 0.400. The molecule has 2 aromatic carbocycles. The third-order valence-corrected chi connectivity index (χ3v) is 5.34. The van der Waals surface area contributed by atoms with Crippen molar-refractivity contribution in [2.75, 3.05) is 43.4 Å². The highest BCUT2D eigenvalue weighted by Crippen LogP contribution is 2.35.